The van der Waals surface area contributed by atoms with E-state index >= 15 is 0 Å². The fourth-order valence-electron chi connectivity index (χ4n) is 9.18. The molecule has 10 rings (SSSR count). The number of aryl methyl sites for hydroxylation is 1. The number of nitriles is 1. The maximum Gasteiger partial charge on any atom is 0.197 e. The van der Waals surface area contributed by atoms with Gasteiger partial charge < -0.3 is 0 Å². The maximum atomic E-state index is 14.4. The van der Waals surface area contributed by atoms with Crippen LogP contribution < -0.4 is 9.80 Å². The first-order valence-electron chi connectivity index (χ1n) is 21.7. The van der Waals surface area contributed by atoms with Gasteiger partial charge in [0.25, 0.3) is 0 Å². The summed E-state index contributed by atoms with van der Waals surface area (Å²) in [5, 5.41) is 11.6. The zero-order chi connectivity index (χ0) is 45.1. The zero-order valence-corrected chi connectivity index (χ0v) is 36.6. The van der Waals surface area contributed by atoms with E-state index in [9.17, 15) is 14.9 Å². The largest absolute Gasteiger partial charge is 0.288 e. The number of carbonyl (C=O) groups is 2. The molecule has 0 bridgehead atoms. The number of fused-ring (bicyclic) bond motifs is 4. The summed E-state index contributed by atoms with van der Waals surface area (Å²) in [4.78, 5) is 47.7. The molecular formula is C57H42N6O2. The average molecular weight is 843 g/mol. The van der Waals surface area contributed by atoms with Crippen molar-refractivity contribution in [2.24, 2.45) is 0 Å². The van der Waals surface area contributed by atoms with E-state index in [0.29, 0.717) is 50.9 Å². The molecule has 312 valence electrons. The molecule has 2 heterocycles. The number of hydrogen-bond donors (Lipinski definition) is 0. The molecule has 1 aliphatic carbocycles. The topological polar surface area (TPSA) is 94.5 Å². The number of rotatable bonds is 7. The summed E-state index contributed by atoms with van der Waals surface area (Å²) in [5.74, 6) is 1.28. The lowest BCUT2D eigenvalue weighted by molar-refractivity contribution is 0.0988. The van der Waals surface area contributed by atoms with Gasteiger partial charge in [-0.2, -0.15) is 5.26 Å². The monoisotopic (exact) mass is 842 g/mol. The lowest BCUT2D eigenvalue weighted by Gasteiger charge is -2.32. The van der Waals surface area contributed by atoms with Crippen LogP contribution in [0.15, 0.2) is 163 Å². The molecule has 0 amide bonds. The van der Waals surface area contributed by atoms with Crippen LogP contribution in [0.25, 0.3) is 48.9 Å². The van der Waals surface area contributed by atoms with Crippen molar-refractivity contribution in [2.75, 3.05) is 9.80 Å². The Morgan fingerprint density at radius 3 is 1.58 bits per heavy atom. The molecule has 0 fully saturated rings. The average Bonchev–Trinajstić information content (AvgIpc) is 3.75. The molecule has 0 saturated carbocycles. The van der Waals surface area contributed by atoms with Crippen molar-refractivity contribution >= 4 is 62.1 Å². The summed E-state index contributed by atoms with van der Waals surface area (Å²) in [5.41, 5.74) is 11.6. The molecule has 0 spiro atoms. The second kappa shape index (κ2) is 16.0. The van der Waals surface area contributed by atoms with Gasteiger partial charge in [0.1, 0.15) is 5.82 Å². The summed E-state index contributed by atoms with van der Waals surface area (Å²) in [6.45, 7) is 18.5. The van der Waals surface area contributed by atoms with E-state index in [1.165, 1.54) is 0 Å². The van der Waals surface area contributed by atoms with Gasteiger partial charge in [0, 0.05) is 22.3 Å². The third-order valence-electron chi connectivity index (χ3n) is 12.4. The molecule has 8 aromatic rings. The fraction of sp³-hybridized carbons (Fsp3) is 0.123. The molecule has 7 aromatic carbocycles. The fourth-order valence-corrected chi connectivity index (χ4v) is 9.18. The van der Waals surface area contributed by atoms with E-state index in [4.69, 9.17) is 16.5 Å². The SMILES string of the molecule is [C-]#[N+]c1ccc(-c2cc(C)cc(-c3ccc(C#N)cc3)c2N2/C(=C/C=C3C(=O)c4cc5ccccc5cc4C3=O)N(c3c(C(C)C)cccc3C(C)C)c3nc4ccccc4nc32)cc1. The van der Waals surface area contributed by atoms with Crippen molar-refractivity contribution in [3.63, 3.8) is 0 Å². The van der Waals surface area contributed by atoms with Crippen LogP contribution in [-0.2, 0) is 0 Å². The van der Waals surface area contributed by atoms with Crippen LogP contribution in [0.5, 0.6) is 0 Å². The van der Waals surface area contributed by atoms with Gasteiger partial charge in [0.15, 0.2) is 28.9 Å². The Morgan fingerprint density at radius 2 is 1.09 bits per heavy atom. The van der Waals surface area contributed by atoms with Gasteiger partial charge in [-0.1, -0.05) is 119 Å². The first-order chi connectivity index (χ1) is 31.5. The Balaban J connectivity index is 1.34. The summed E-state index contributed by atoms with van der Waals surface area (Å²) >= 11 is 0. The van der Waals surface area contributed by atoms with E-state index < -0.39 is 0 Å². The van der Waals surface area contributed by atoms with Gasteiger partial charge in [0.2, 0.25) is 0 Å². The highest BCUT2D eigenvalue weighted by Crippen LogP contribution is 2.55. The predicted molar refractivity (Wildman–Crippen MR) is 260 cm³/mol. The molecule has 65 heavy (non-hydrogen) atoms. The van der Waals surface area contributed by atoms with Crippen LogP contribution in [0.2, 0.25) is 0 Å². The minimum absolute atomic E-state index is 0.0668. The quantitative estimate of drug-likeness (QED) is 0.0896. The standard InChI is InChI=1S/C57H42N6O2/c1-33(2)42-14-11-15-43(34(3)4)52(42)62-51(27-26-44-54(64)47-30-39-12-7-8-13-40(39)31-48(47)55(44)65)63(57-56(62)60-49-16-9-10-17-50(49)61-57)53-45(37-20-18-36(32-58)19-21-37)28-35(5)29-46(53)38-22-24-41(59-6)25-23-38/h7-31,33-34H,1-5H3/b51-27+. The van der Waals surface area contributed by atoms with Crippen molar-refractivity contribution < 1.29 is 9.59 Å². The number of hydrogen-bond acceptors (Lipinski definition) is 7. The molecule has 2 aliphatic rings. The summed E-state index contributed by atoms with van der Waals surface area (Å²) < 4.78 is 0. The van der Waals surface area contributed by atoms with Crippen molar-refractivity contribution in [3.8, 4) is 28.3 Å². The highest BCUT2D eigenvalue weighted by atomic mass is 16.2. The molecule has 8 heteroatoms. The van der Waals surface area contributed by atoms with Crippen molar-refractivity contribution in [1.82, 2.24) is 9.97 Å². The summed E-state index contributed by atoms with van der Waals surface area (Å²) in [6.07, 6.45) is 3.54. The van der Waals surface area contributed by atoms with E-state index in [0.717, 1.165) is 61.1 Å². The van der Waals surface area contributed by atoms with Crippen molar-refractivity contribution in [2.45, 2.75) is 46.5 Å². The van der Waals surface area contributed by atoms with Gasteiger partial charge in [0.05, 0.1) is 46.2 Å². The Bertz CT molecular complexity index is 3300. The van der Waals surface area contributed by atoms with Gasteiger partial charge in [-0.05, 0) is 118 Å². The molecule has 0 saturated heterocycles. The number of aromatic nitrogens is 2. The lowest BCUT2D eigenvalue weighted by Crippen LogP contribution is -2.25. The van der Waals surface area contributed by atoms with Gasteiger partial charge in [-0.25, -0.2) is 14.8 Å². The highest BCUT2D eigenvalue weighted by molar-refractivity contribution is 6.40. The van der Waals surface area contributed by atoms with Crippen LogP contribution >= 0.6 is 0 Å². The molecule has 0 N–H and O–H groups in total. The van der Waals surface area contributed by atoms with E-state index in [1.807, 2.05) is 115 Å². The Morgan fingerprint density at radius 1 is 0.600 bits per heavy atom. The number of Topliss-reactive ketones (excluding diaryl/α,β-unsaturated/α-hetero) is 2. The predicted octanol–water partition coefficient (Wildman–Crippen LogP) is 14.2. The van der Waals surface area contributed by atoms with Crippen LogP contribution in [0.4, 0.5) is 28.7 Å². The van der Waals surface area contributed by atoms with Crippen LogP contribution in [0, 0.1) is 24.8 Å². The van der Waals surface area contributed by atoms with Crippen molar-refractivity contribution in [1.29, 1.82) is 5.26 Å². The molecule has 0 unspecified atom stereocenters. The summed E-state index contributed by atoms with van der Waals surface area (Å²) in [6, 6.07) is 47.2. The third-order valence-corrected chi connectivity index (χ3v) is 12.4. The second-order valence-corrected chi connectivity index (χ2v) is 17.2. The van der Waals surface area contributed by atoms with Crippen molar-refractivity contribution in [3.05, 3.63) is 208 Å². The van der Waals surface area contributed by atoms with Gasteiger partial charge in [-0.3, -0.25) is 19.4 Å². The maximum absolute atomic E-state index is 14.4. The Labute approximate surface area is 377 Å². The second-order valence-electron chi connectivity index (χ2n) is 17.2. The molecule has 1 aromatic heterocycles. The molecule has 1 aliphatic heterocycles. The molecule has 0 atom stereocenters. The number of carbonyl (C=O) groups excluding carboxylic acids is 2. The minimum Gasteiger partial charge on any atom is -0.288 e. The Hall–Kier alpha value is -8.46. The van der Waals surface area contributed by atoms with E-state index in [2.05, 4.69) is 85.7 Å². The number of nitrogens with zero attached hydrogens (tertiary/aromatic N) is 6. The first-order valence-corrected chi connectivity index (χ1v) is 21.7. The van der Waals surface area contributed by atoms with Gasteiger partial charge in [-0.15, -0.1) is 0 Å². The smallest absolute Gasteiger partial charge is 0.197 e. The molecular weight excluding hydrogens is 801 g/mol. The number of allylic oxidation sites excluding steroid dienone is 3. The lowest BCUT2D eigenvalue weighted by atomic mass is 9.91. The number of anilines is 4. The first kappa shape index (κ1) is 40.6. The zero-order valence-electron chi connectivity index (χ0n) is 36.6. The Kier molecular flexibility index (Phi) is 10.0. The number of ketones is 2. The van der Waals surface area contributed by atoms with Gasteiger partial charge >= 0.3 is 0 Å². The third kappa shape index (κ3) is 6.84. The molecule has 8 nitrogen and oxygen atoms in total. The number of para-hydroxylation sites is 3. The highest BCUT2D eigenvalue weighted by Gasteiger charge is 2.42. The van der Waals surface area contributed by atoms with E-state index in [1.54, 1.807) is 6.08 Å². The van der Waals surface area contributed by atoms with Crippen LogP contribution in [-0.4, -0.2) is 21.5 Å². The number of benzene rings is 7. The summed E-state index contributed by atoms with van der Waals surface area (Å²) in [7, 11) is 0. The van der Waals surface area contributed by atoms with E-state index in [-0.39, 0.29) is 29.0 Å². The minimum atomic E-state index is -0.331. The molecule has 0 radical (unpaired) electrons. The van der Waals surface area contributed by atoms with Crippen LogP contribution in [0.3, 0.4) is 0 Å². The normalized spacial score (nSPS) is 13.9. The van der Waals surface area contributed by atoms with Crippen LogP contribution in [0.1, 0.15) is 82.5 Å².